The normalized spacial score (nSPS) is 10.9. The van der Waals surface area contributed by atoms with E-state index in [1.807, 2.05) is 24.3 Å². The summed E-state index contributed by atoms with van der Waals surface area (Å²) in [5.74, 6) is -0.794. The smallest absolute Gasteiger partial charge is 0.346 e. The van der Waals surface area contributed by atoms with Crippen LogP contribution in [-0.2, 0) is 6.42 Å². The molecule has 2 nitrogen and oxygen atoms in total. The van der Waals surface area contributed by atoms with Gasteiger partial charge in [-0.2, -0.15) is 0 Å². The fraction of sp³-hybridized carbons (Fsp3) is 0.357. The van der Waals surface area contributed by atoms with E-state index in [1.54, 1.807) is 0 Å². The molecule has 0 saturated heterocycles. The van der Waals surface area contributed by atoms with Gasteiger partial charge >= 0.3 is 5.97 Å². The van der Waals surface area contributed by atoms with Gasteiger partial charge in [-0.25, -0.2) is 4.79 Å². The fourth-order valence-corrected chi connectivity index (χ4v) is 3.16. The third kappa shape index (κ3) is 2.50. The maximum Gasteiger partial charge on any atom is 0.346 e. The molecule has 0 amide bonds. The van der Waals surface area contributed by atoms with Gasteiger partial charge in [-0.05, 0) is 29.9 Å². The number of benzene rings is 1. The Morgan fingerprint density at radius 2 is 2.06 bits per heavy atom. The van der Waals surface area contributed by atoms with Crippen molar-refractivity contribution in [2.24, 2.45) is 0 Å². The summed E-state index contributed by atoms with van der Waals surface area (Å²) in [4.78, 5) is 11.8. The molecule has 0 bridgehead atoms. The number of thiophene rings is 1. The minimum absolute atomic E-state index is 0.516. The number of fused-ring (bicyclic) bond motifs is 1. The lowest BCUT2D eigenvalue weighted by Crippen LogP contribution is -1.98. The fourth-order valence-electron chi connectivity index (χ4n) is 2.07. The molecule has 0 fully saturated rings. The molecule has 0 spiro atoms. The van der Waals surface area contributed by atoms with Crippen LogP contribution in [0.4, 0.5) is 0 Å². The largest absolute Gasteiger partial charge is 0.477 e. The molecule has 0 aliphatic heterocycles. The van der Waals surface area contributed by atoms with E-state index in [9.17, 15) is 9.90 Å². The molecule has 0 unspecified atom stereocenters. The lowest BCUT2D eigenvalue weighted by molar-refractivity contribution is 0.0701. The van der Waals surface area contributed by atoms with Crippen LogP contribution in [0.5, 0.6) is 0 Å². The highest BCUT2D eigenvalue weighted by molar-refractivity contribution is 7.21. The van der Waals surface area contributed by atoms with Crippen LogP contribution in [0.15, 0.2) is 24.3 Å². The highest BCUT2D eigenvalue weighted by atomic mass is 32.1. The Morgan fingerprint density at radius 1 is 1.29 bits per heavy atom. The molecular weight excluding hydrogens is 232 g/mol. The number of hydrogen-bond donors (Lipinski definition) is 1. The standard InChI is InChI=1S/C14H16O2S/c1-2-3-4-8-11-10-7-5-6-9-12(10)17-13(11)14(15)16/h5-7,9H,2-4,8H2,1H3,(H,15,16). The topological polar surface area (TPSA) is 37.3 Å². The molecule has 0 saturated carbocycles. The number of hydrogen-bond acceptors (Lipinski definition) is 2. The van der Waals surface area contributed by atoms with Crippen molar-refractivity contribution in [3.05, 3.63) is 34.7 Å². The Bertz CT molecular complexity index is 528. The van der Waals surface area contributed by atoms with Gasteiger partial charge in [0.25, 0.3) is 0 Å². The summed E-state index contributed by atoms with van der Waals surface area (Å²) in [5, 5.41) is 10.4. The van der Waals surface area contributed by atoms with Gasteiger partial charge in [0.1, 0.15) is 4.88 Å². The molecular formula is C14H16O2S. The monoisotopic (exact) mass is 248 g/mol. The molecule has 1 heterocycles. The molecule has 2 rings (SSSR count). The van der Waals surface area contributed by atoms with Gasteiger partial charge < -0.3 is 5.11 Å². The van der Waals surface area contributed by atoms with E-state index in [2.05, 4.69) is 6.92 Å². The number of aromatic carboxylic acids is 1. The zero-order valence-electron chi connectivity index (χ0n) is 9.90. The first-order valence-electron chi connectivity index (χ1n) is 5.97. The molecule has 0 aliphatic rings. The molecule has 90 valence electrons. The van der Waals surface area contributed by atoms with Crippen LogP contribution in [0.1, 0.15) is 41.4 Å². The van der Waals surface area contributed by atoms with Gasteiger partial charge in [0.15, 0.2) is 0 Å². The average molecular weight is 248 g/mol. The van der Waals surface area contributed by atoms with E-state index in [-0.39, 0.29) is 0 Å². The van der Waals surface area contributed by atoms with E-state index < -0.39 is 5.97 Å². The van der Waals surface area contributed by atoms with Crippen molar-refractivity contribution in [2.45, 2.75) is 32.6 Å². The zero-order chi connectivity index (χ0) is 12.3. The Hall–Kier alpha value is -1.35. The third-order valence-electron chi connectivity index (χ3n) is 2.92. The number of unbranched alkanes of at least 4 members (excludes halogenated alkanes) is 2. The van der Waals surface area contributed by atoms with Crippen LogP contribution in [0.3, 0.4) is 0 Å². The van der Waals surface area contributed by atoms with Crippen LogP contribution in [0, 0.1) is 0 Å². The first-order chi connectivity index (χ1) is 8.24. The second kappa shape index (κ2) is 5.32. The maximum absolute atomic E-state index is 11.2. The number of rotatable bonds is 5. The number of carbonyl (C=O) groups is 1. The second-order valence-corrected chi connectivity index (χ2v) is 5.22. The first kappa shape index (κ1) is 12.1. The van der Waals surface area contributed by atoms with Crippen LogP contribution in [0.2, 0.25) is 0 Å². The Morgan fingerprint density at radius 3 is 2.76 bits per heavy atom. The Labute approximate surface area is 105 Å². The van der Waals surface area contributed by atoms with Crippen LogP contribution in [-0.4, -0.2) is 11.1 Å². The van der Waals surface area contributed by atoms with Gasteiger partial charge in [0, 0.05) is 4.70 Å². The molecule has 17 heavy (non-hydrogen) atoms. The summed E-state index contributed by atoms with van der Waals surface area (Å²) in [6.07, 6.45) is 4.25. The van der Waals surface area contributed by atoms with E-state index in [1.165, 1.54) is 11.3 Å². The predicted octanol–water partition coefficient (Wildman–Crippen LogP) is 4.33. The van der Waals surface area contributed by atoms with Gasteiger partial charge in [-0.1, -0.05) is 38.0 Å². The molecule has 1 N–H and O–H groups in total. The van der Waals surface area contributed by atoms with Crippen molar-refractivity contribution in [1.29, 1.82) is 0 Å². The Balaban J connectivity index is 2.41. The predicted molar refractivity (Wildman–Crippen MR) is 72.0 cm³/mol. The lowest BCUT2D eigenvalue weighted by atomic mass is 10.0. The minimum Gasteiger partial charge on any atom is -0.477 e. The SMILES string of the molecule is CCCCCc1c(C(=O)O)sc2ccccc12. The zero-order valence-corrected chi connectivity index (χ0v) is 10.7. The van der Waals surface area contributed by atoms with Crippen molar-refractivity contribution in [2.75, 3.05) is 0 Å². The molecule has 0 atom stereocenters. The van der Waals surface area contributed by atoms with Gasteiger partial charge in [0.05, 0.1) is 0 Å². The summed E-state index contributed by atoms with van der Waals surface area (Å²) in [5.41, 5.74) is 1.02. The molecule has 3 heteroatoms. The lowest BCUT2D eigenvalue weighted by Gasteiger charge is -2.01. The molecule has 0 radical (unpaired) electrons. The van der Waals surface area contributed by atoms with Crippen molar-refractivity contribution in [1.82, 2.24) is 0 Å². The highest BCUT2D eigenvalue weighted by Gasteiger charge is 2.16. The number of aryl methyl sites for hydroxylation is 1. The molecule has 2 aromatic rings. The van der Waals surface area contributed by atoms with Gasteiger partial charge in [-0.15, -0.1) is 11.3 Å². The Kier molecular flexibility index (Phi) is 3.79. The van der Waals surface area contributed by atoms with Gasteiger partial charge in [-0.3, -0.25) is 0 Å². The maximum atomic E-state index is 11.2. The number of carboxylic acid groups (broad SMARTS) is 1. The van der Waals surface area contributed by atoms with Crippen molar-refractivity contribution in [3.63, 3.8) is 0 Å². The number of carboxylic acids is 1. The van der Waals surface area contributed by atoms with E-state index >= 15 is 0 Å². The van der Waals surface area contributed by atoms with Crippen molar-refractivity contribution in [3.8, 4) is 0 Å². The van der Waals surface area contributed by atoms with Crippen LogP contribution in [0.25, 0.3) is 10.1 Å². The van der Waals surface area contributed by atoms with Crippen LogP contribution < -0.4 is 0 Å². The van der Waals surface area contributed by atoms with E-state index in [0.29, 0.717) is 4.88 Å². The van der Waals surface area contributed by atoms with Gasteiger partial charge in [0.2, 0.25) is 0 Å². The average Bonchev–Trinajstić information content (AvgIpc) is 2.69. The summed E-state index contributed by atoms with van der Waals surface area (Å²) < 4.78 is 1.08. The van der Waals surface area contributed by atoms with Crippen molar-refractivity contribution < 1.29 is 9.90 Å². The quantitative estimate of drug-likeness (QED) is 0.799. The summed E-state index contributed by atoms with van der Waals surface area (Å²) in [6, 6.07) is 7.96. The molecule has 1 aromatic heterocycles. The summed E-state index contributed by atoms with van der Waals surface area (Å²) in [6.45, 7) is 2.16. The molecule has 0 aliphatic carbocycles. The highest BCUT2D eigenvalue weighted by Crippen LogP contribution is 2.32. The second-order valence-electron chi connectivity index (χ2n) is 4.17. The van der Waals surface area contributed by atoms with Crippen molar-refractivity contribution >= 4 is 27.4 Å². The van der Waals surface area contributed by atoms with E-state index in [4.69, 9.17) is 0 Å². The molecule has 1 aromatic carbocycles. The third-order valence-corrected chi connectivity index (χ3v) is 4.12. The summed E-state index contributed by atoms with van der Waals surface area (Å²) in [7, 11) is 0. The summed E-state index contributed by atoms with van der Waals surface area (Å²) >= 11 is 1.39. The van der Waals surface area contributed by atoms with E-state index in [0.717, 1.165) is 41.3 Å². The van der Waals surface area contributed by atoms with Crippen LogP contribution >= 0.6 is 11.3 Å². The first-order valence-corrected chi connectivity index (χ1v) is 6.79. The minimum atomic E-state index is -0.794.